The Balaban J connectivity index is 1.44. The van der Waals surface area contributed by atoms with E-state index in [1.54, 1.807) is 18.3 Å². The van der Waals surface area contributed by atoms with Gasteiger partial charge in [0, 0.05) is 44.5 Å². The number of pyridine rings is 1. The number of likely N-dealkylation sites (tertiary alicyclic amines) is 1. The van der Waals surface area contributed by atoms with Gasteiger partial charge in [0.1, 0.15) is 11.9 Å². The first-order valence-corrected chi connectivity index (χ1v) is 9.35. The Kier molecular flexibility index (Phi) is 6.07. The maximum Gasteiger partial charge on any atom is 0.234 e. The van der Waals surface area contributed by atoms with Crippen LogP contribution in [0.25, 0.3) is 0 Å². The predicted molar refractivity (Wildman–Crippen MR) is 101 cm³/mol. The minimum Gasteiger partial charge on any atom is -0.355 e. The number of likely N-dealkylation sites (N-methyl/N-ethyl adjacent to an activating group) is 1. The zero-order valence-electron chi connectivity index (χ0n) is 15.7. The van der Waals surface area contributed by atoms with Crippen molar-refractivity contribution in [2.24, 2.45) is 0 Å². The zero-order valence-corrected chi connectivity index (χ0v) is 15.7. The quantitative estimate of drug-likeness (QED) is 0.836. The van der Waals surface area contributed by atoms with Gasteiger partial charge in [-0.3, -0.25) is 9.69 Å². The summed E-state index contributed by atoms with van der Waals surface area (Å²) in [6.45, 7) is 4.07. The summed E-state index contributed by atoms with van der Waals surface area (Å²) in [6.07, 6.45) is 4.62. The minimum atomic E-state index is 0.124. The molecule has 0 radical (unpaired) electrons. The molecule has 0 saturated carbocycles. The SMILES string of the molecule is CN(C)[C@H]1CCN(CC(=O)NC2CCN(c3ncccc3C#N)CC2)C1. The van der Waals surface area contributed by atoms with Crippen LogP contribution in [0.4, 0.5) is 5.82 Å². The fourth-order valence-corrected chi connectivity index (χ4v) is 3.83. The molecule has 0 aliphatic carbocycles. The molecule has 3 rings (SSSR count). The van der Waals surface area contributed by atoms with Crippen molar-refractivity contribution < 1.29 is 4.79 Å². The number of anilines is 1. The van der Waals surface area contributed by atoms with E-state index in [0.717, 1.165) is 51.3 Å². The summed E-state index contributed by atoms with van der Waals surface area (Å²) < 4.78 is 0. The summed E-state index contributed by atoms with van der Waals surface area (Å²) in [5.41, 5.74) is 0.611. The fraction of sp³-hybridized carbons (Fsp3) is 0.632. The third-order valence-electron chi connectivity index (χ3n) is 5.41. The van der Waals surface area contributed by atoms with E-state index in [2.05, 4.69) is 45.2 Å². The lowest BCUT2D eigenvalue weighted by Crippen LogP contribution is -2.47. The van der Waals surface area contributed by atoms with Crippen molar-refractivity contribution in [2.75, 3.05) is 51.7 Å². The number of nitriles is 1. The van der Waals surface area contributed by atoms with E-state index in [0.29, 0.717) is 18.2 Å². The highest BCUT2D eigenvalue weighted by molar-refractivity contribution is 5.78. The van der Waals surface area contributed by atoms with E-state index in [1.807, 2.05) is 0 Å². The number of aromatic nitrogens is 1. The Morgan fingerprint density at radius 1 is 1.35 bits per heavy atom. The number of hydrogen-bond acceptors (Lipinski definition) is 6. The highest BCUT2D eigenvalue weighted by atomic mass is 16.2. The lowest BCUT2D eigenvalue weighted by molar-refractivity contribution is -0.122. The van der Waals surface area contributed by atoms with Crippen molar-refractivity contribution in [3.8, 4) is 6.07 Å². The van der Waals surface area contributed by atoms with Crippen LogP contribution >= 0.6 is 0 Å². The van der Waals surface area contributed by atoms with Gasteiger partial charge in [-0.25, -0.2) is 4.98 Å². The molecule has 3 heterocycles. The molecule has 2 aliphatic rings. The first-order chi connectivity index (χ1) is 12.6. The molecule has 7 heteroatoms. The van der Waals surface area contributed by atoms with E-state index in [-0.39, 0.29) is 11.9 Å². The lowest BCUT2D eigenvalue weighted by Gasteiger charge is -2.33. The van der Waals surface area contributed by atoms with Crippen LogP contribution in [0.3, 0.4) is 0 Å². The Hall–Kier alpha value is -2.17. The minimum absolute atomic E-state index is 0.124. The maximum atomic E-state index is 12.4. The molecule has 1 amide bonds. The highest BCUT2D eigenvalue weighted by Gasteiger charge is 2.27. The van der Waals surface area contributed by atoms with E-state index in [9.17, 15) is 10.1 Å². The standard InChI is InChI=1S/C19H28N6O/c1-23(2)17-7-9-24(13-17)14-18(26)22-16-5-10-25(11-6-16)19-15(12-20)4-3-8-21-19/h3-4,8,16-17H,5-7,9-11,13-14H2,1-2H3,(H,22,26)/t17-/m0/s1. The van der Waals surface area contributed by atoms with Crippen LogP contribution in [-0.4, -0.2) is 79.6 Å². The predicted octanol–water partition coefficient (Wildman–Crippen LogP) is 0.674. The molecule has 140 valence electrons. The Morgan fingerprint density at radius 2 is 2.12 bits per heavy atom. The van der Waals surface area contributed by atoms with Gasteiger partial charge in [0.15, 0.2) is 0 Å². The van der Waals surface area contributed by atoms with Gasteiger partial charge in [-0.05, 0) is 45.5 Å². The molecule has 1 aromatic rings. The number of rotatable bonds is 5. The molecular formula is C19H28N6O. The second kappa shape index (κ2) is 8.47. The molecule has 0 aromatic carbocycles. The third kappa shape index (κ3) is 4.51. The average Bonchev–Trinajstić information content (AvgIpc) is 3.11. The number of piperidine rings is 1. The third-order valence-corrected chi connectivity index (χ3v) is 5.41. The van der Waals surface area contributed by atoms with Crippen molar-refractivity contribution in [2.45, 2.75) is 31.3 Å². The largest absolute Gasteiger partial charge is 0.355 e. The molecule has 26 heavy (non-hydrogen) atoms. The highest BCUT2D eigenvalue weighted by Crippen LogP contribution is 2.21. The molecule has 1 N–H and O–H groups in total. The molecule has 0 spiro atoms. The van der Waals surface area contributed by atoms with Crippen molar-refractivity contribution in [3.63, 3.8) is 0 Å². The number of amides is 1. The summed E-state index contributed by atoms with van der Waals surface area (Å²) in [5.74, 6) is 0.880. The Morgan fingerprint density at radius 3 is 2.77 bits per heavy atom. The van der Waals surface area contributed by atoms with Crippen LogP contribution in [0, 0.1) is 11.3 Å². The first kappa shape index (κ1) is 18.6. The summed E-state index contributed by atoms with van der Waals surface area (Å²) in [6, 6.07) is 6.55. The second-order valence-corrected chi connectivity index (χ2v) is 7.46. The number of nitrogens with zero attached hydrogens (tertiary/aromatic N) is 5. The van der Waals surface area contributed by atoms with Crippen LogP contribution in [0.15, 0.2) is 18.3 Å². The van der Waals surface area contributed by atoms with Gasteiger partial charge in [0.05, 0.1) is 12.1 Å². The molecule has 0 unspecified atom stereocenters. The van der Waals surface area contributed by atoms with Gasteiger partial charge in [-0.1, -0.05) is 0 Å². The molecule has 2 saturated heterocycles. The van der Waals surface area contributed by atoms with Gasteiger partial charge >= 0.3 is 0 Å². The van der Waals surface area contributed by atoms with Crippen LogP contribution in [0.2, 0.25) is 0 Å². The summed E-state index contributed by atoms with van der Waals surface area (Å²) in [7, 11) is 4.20. The number of hydrogen-bond donors (Lipinski definition) is 1. The van der Waals surface area contributed by atoms with Crippen LogP contribution < -0.4 is 10.2 Å². The van der Waals surface area contributed by atoms with Gasteiger partial charge in [0.2, 0.25) is 5.91 Å². The van der Waals surface area contributed by atoms with Crippen molar-refractivity contribution in [1.82, 2.24) is 20.1 Å². The molecular weight excluding hydrogens is 328 g/mol. The normalized spacial score (nSPS) is 21.8. The van der Waals surface area contributed by atoms with Gasteiger partial charge in [-0.2, -0.15) is 5.26 Å². The fourth-order valence-electron chi connectivity index (χ4n) is 3.83. The maximum absolute atomic E-state index is 12.4. The molecule has 2 fully saturated rings. The van der Waals surface area contributed by atoms with Gasteiger partial charge in [-0.15, -0.1) is 0 Å². The number of carbonyl (C=O) groups excluding carboxylic acids is 1. The van der Waals surface area contributed by atoms with Gasteiger partial charge < -0.3 is 15.1 Å². The van der Waals surface area contributed by atoms with E-state index >= 15 is 0 Å². The summed E-state index contributed by atoms with van der Waals surface area (Å²) in [5, 5.41) is 12.4. The number of nitrogens with one attached hydrogen (secondary N) is 1. The summed E-state index contributed by atoms with van der Waals surface area (Å²) in [4.78, 5) is 23.3. The van der Waals surface area contributed by atoms with Crippen molar-refractivity contribution in [1.29, 1.82) is 5.26 Å². The van der Waals surface area contributed by atoms with Gasteiger partial charge in [0.25, 0.3) is 0 Å². The molecule has 2 aliphatic heterocycles. The van der Waals surface area contributed by atoms with Crippen molar-refractivity contribution in [3.05, 3.63) is 23.9 Å². The second-order valence-electron chi connectivity index (χ2n) is 7.46. The Bertz CT molecular complexity index is 662. The van der Waals surface area contributed by atoms with Crippen LogP contribution in [-0.2, 0) is 4.79 Å². The molecule has 7 nitrogen and oxygen atoms in total. The number of carbonyl (C=O) groups is 1. The summed E-state index contributed by atoms with van der Waals surface area (Å²) >= 11 is 0. The smallest absolute Gasteiger partial charge is 0.234 e. The van der Waals surface area contributed by atoms with E-state index in [4.69, 9.17) is 0 Å². The van der Waals surface area contributed by atoms with E-state index in [1.165, 1.54) is 0 Å². The van der Waals surface area contributed by atoms with Crippen LogP contribution in [0.1, 0.15) is 24.8 Å². The lowest BCUT2D eigenvalue weighted by atomic mass is 10.0. The zero-order chi connectivity index (χ0) is 18.5. The van der Waals surface area contributed by atoms with E-state index < -0.39 is 0 Å². The average molecular weight is 356 g/mol. The van der Waals surface area contributed by atoms with Crippen molar-refractivity contribution >= 4 is 11.7 Å². The Labute approximate surface area is 155 Å². The monoisotopic (exact) mass is 356 g/mol. The molecule has 1 atom stereocenters. The topological polar surface area (TPSA) is 75.5 Å². The first-order valence-electron chi connectivity index (χ1n) is 9.35. The molecule has 1 aromatic heterocycles. The van der Waals surface area contributed by atoms with Crippen LogP contribution in [0.5, 0.6) is 0 Å². The molecule has 0 bridgehead atoms.